The highest BCUT2D eigenvalue weighted by Crippen LogP contribution is 2.23. The van der Waals surface area contributed by atoms with Crippen molar-refractivity contribution in [1.29, 1.82) is 0 Å². The van der Waals surface area contributed by atoms with Crippen molar-refractivity contribution in [2.24, 2.45) is 0 Å². The van der Waals surface area contributed by atoms with Crippen LogP contribution in [0.4, 0.5) is 0 Å². The second-order valence-electron chi connectivity index (χ2n) is 4.79. The topological polar surface area (TPSA) is 32.3 Å². The first-order valence-corrected chi connectivity index (χ1v) is 7.50. The molecule has 0 saturated heterocycles. The minimum atomic E-state index is 0.245. The van der Waals surface area contributed by atoms with E-state index in [0.717, 1.165) is 12.8 Å². The average Bonchev–Trinajstić information content (AvgIpc) is 2.72. The lowest BCUT2D eigenvalue weighted by Crippen LogP contribution is -2.44. The number of benzene rings is 1. The Morgan fingerprint density at radius 3 is 2.41 bits per heavy atom. The van der Waals surface area contributed by atoms with Crippen molar-refractivity contribution >= 4 is 11.8 Å². The first-order chi connectivity index (χ1) is 8.24. The van der Waals surface area contributed by atoms with Gasteiger partial charge in [0.1, 0.15) is 0 Å². The fraction of sp³-hybridized carbons (Fsp3) is 0.571. The monoisotopic (exact) mass is 251 g/mol. The van der Waals surface area contributed by atoms with Crippen molar-refractivity contribution in [3.63, 3.8) is 0 Å². The number of rotatable bonds is 5. The lowest BCUT2D eigenvalue weighted by Gasteiger charge is -2.25. The molecule has 1 aromatic rings. The van der Waals surface area contributed by atoms with Crippen LogP contribution < -0.4 is 5.32 Å². The maximum absolute atomic E-state index is 9.28. The zero-order valence-corrected chi connectivity index (χ0v) is 11.3. The molecule has 3 heteroatoms. The van der Waals surface area contributed by atoms with Crippen molar-refractivity contribution < 1.29 is 5.11 Å². The van der Waals surface area contributed by atoms with Gasteiger partial charge in [0.15, 0.2) is 0 Å². The summed E-state index contributed by atoms with van der Waals surface area (Å²) in [5.74, 6) is 0. The van der Waals surface area contributed by atoms with Crippen LogP contribution in [0.25, 0.3) is 0 Å². The van der Waals surface area contributed by atoms with E-state index in [1.54, 1.807) is 11.8 Å². The van der Waals surface area contributed by atoms with Crippen molar-refractivity contribution in [3.05, 3.63) is 35.4 Å². The van der Waals surface area contributed by atoms with Gasteiger partial charge in [-0.1, -0.05) is 24.3 Å². The van der Waals surface area contributed by atoms with Crippen LogP contribution >= 0.6 is 11.8 Å². The smallest absolute Gasteiger partial charge is 0.0564 e. The molecule has 0 fully saturated rings. The maximum atomic E-state index is 9.28. The predicted octanol–water partition coefficient (Wildman–Crippen LogP) is 1.86. The highest BCUT2D eigenvalue weighted by Gasteiger charge is 2.24. The minimum absolute atomic E-state index is 0.245. The third-order valence-corrected chi connectivity index (χ3v) is 4.75. The molecular weight excluding hydrogens is 230 g/mol. The number of hydrogen-bond acceptors (Lipinski definition) is 3. The van der Waals surface area contributed by atoms with Gasteiger partial charge in [0.2, 0.25) is 0 Å². The zero-order valence-electron chi connectivity index (χ0n) is 10.5. The van der Waals surface area contributed by atoms with Gasteiger partial charge in [-0.2, -0.15) is 11.8 Å². The van der Waals surface area contributed by atoms with Gasteiger partial charge < -0.3 is 10.4 Å². The minimum Gasteiger partial charge on any atom is -0.395 e. The summed E-state index contributed by atoms with van der Waals surface area (Å²) in [5.41, 5.74) is 2.95. The lowest BCUT2D eigenvalue weighted by molar-refractivity contribution is 0.270. The number of hydrogen-bond donors (Lipinski definition) is 2. The summed E-state index contributed by atoms with van der Waals surface area (Å²) in [4.78, 5) is 0. The predicted molar refractivity (Wildman–Crippen MR) is 74.6 cm³/mol. The van der Waals surface area contributed by atoms with Crippen LogP contribution in [-0.2, 0) is 12.8 Å². The van der Waals surface area contributed by atoms with Gasteiger partial charge in [-0.3, -0.25) is 0 Å². The van der Waals surface area contributed by atoms with Crippen LogP contribution in [0, 0.1) is 0 Å². The van der Waals surface area contributed by atoms with Gasteiger partial charge in [0.05, 0.1) is 6.61 Å². The number of fused-ring (bicyclic) bond motifs is 1. The number of aliphatic hydroxyl groups excluding tert-OH is 1. The molecule has 0 aromatic heterocycles. The molecule has 0 radical (unpaired) electrons. The molecule has 2 nitrogen and oxygen atoms in total. The highest BCUT2D eigenvalue weighted by atomic mass is 32.2. The molecule has 0 heterocycles. The van der Waals surface area contributed by atoms with Crippen molar-refractivity contribution in [3.8, 4) is 0 Å². The normalized spacial score (nSPS) is 19.0. The van der Waals surface area contributed by atoms with Gasteiger partial charge in [0, 0.05) is 17.3 Å². The standard InChI is InChI=1S/C14H21NOS/c1-10(14(9-16)17-2)15-13-7-11-5-3-4-6-12(11)8-13/h3-6,10,13-16H,7-9H2,1-2H3. The maximum Gasteiger partial charge on any atom is 0.0564 e. The van der Waals surface area contributed by atoms with Crippen molar-refractivity contribution in [2.45, 2.75) is 37.1 Å². The quantitative estimate of drug-likeness (QED) is 0.838. The van der Waals surface area contributed by atoms with E-state index in [-0.39, 0.29) is 6.61 Å². The Kier molecular flexibility index (Phi) is 4.48. The fourth-order valence-electron chi connectivity index (χ4n) is 2.59. The Balaban J connectivity index is 1.91. The van der Waals surface area contributed by atoms with Crippen LogP contribution in [0.15, 0.2) is 24.3 Å². The molecule has 17 heavy (non-hydrogen) atoms. The van der Waals surface area contributed by atoms with E-state index in [4.69, 9.17) is 0 Å². The van der Waals surface area contributed by atoms with Gasteiger partial charge >= 0.3 is 0 Å². The molecule has 0 aliphatic heterocycles. The summed E-state index contributed by atoms with van der Waals surface area (Å²) in [6, 6.07) is 9.56. The van der Waals surface area contributed by atoms with E-state index in [9.17, 15) is 5.11 Å². The van der Waals surface area contributed by atoms with Crippen LogP contribution in [0.1, 0.15) is 18.1 Å². The first-order valence-electron chi connectivity index (χ1n) is 6.21. The Hall–Kier alpha value is -0.510. The van der Waals surface area contributed by atoms with E-state index in [0.29, 0.717) is 17.3 Å². The van der Waals surface area contributed by atoms with Crippen LogP contribution in [0.3, 0.4) is 0 Å². The van der Waals surface area contributed by atoms with Gasteiger partial charge in [-0.15, -0.1) is 0 Å². The van der Waals surface area contributed by atoms with E-state index in [1.807, 2.05) is 0 Å². The SMILES string of the molecule is CSC(CO)C(C)NC1Cc2ccccc2C1. The van der Waals surface area contributed by atoms with E-state index in [1.165, 1.54) is 11.1 Å². The second kappa shape index (κ2) is 5.89. The molecule has 0 spiro atoms. The first kappa shape index (κ1) is 12.9. The number of nitrogens with one attached hydrogen (secondary N) is 1. The molecular formula is C14H21NOS. The Morgan fingerprint density at radius 2 is 1.94 bits per heavy atom. The fourth-order valence-corrected chi connectivity index (χ4v) is 3.23. The molecule has 2 N–H and O–H groups in total. The molecule has 1 aliphatic rings. The Labute approximate surface area is 108 Å². The van der Waals surface area contributed by atoms with Gasteiger partial charge in [-0.05, 0) is 37.1 Å². The molecule has 2 rings (SSSR count). The highest BCUT2D eigenvalue weighted by molar-refractivity contribution is 7.99. The van der Waals surface area contributed by atoms with E-state index >= 15 is 0 Å². The van der Waals surface area contributed by atoms with Crippen LogP contribution in [0.5, 0.6) is 0 Å². The lowest BCUT2D eigenvalue weighted by atomic mass is 10.1. The van der Waals surface area contributed by atoms with E-state index < -0.39 is 0 Å². The molecule has 0 amide bonds. The molecule has 94 valence electrons. The summed E-state index contributed by atoms with van der Waals surface area (Å²) in [7, 11) is 0. The number of thioether (sulfide) groups is 1. The van der Waals surface area contributed by atoms with Crippen molar-refractivity contribution in [2.75, 3.05) is 12.9 Å². The average molecular weight is 251 g/mol. The summed E-state index contributed by atoms with van der Waals surface area (Å²) in [6.07, 6.45) is 4.29. The third-order valence-electron chi connectivity index (χ3n) is 3.59. The Bertz CT molecular complexity index is 340. The molecule has 1 aliphatic carbocycles. The molecule has 1 aromatic carbocycles. The molecule has 0 saturated carbocycles. The summed E-state index contributed by atoms with van der Waals surface area (Å²) in [6.45, 7) is 2.41. The molecule has 2 unspecified atom stereocenters. The third kappa shape index (κ3) is 3.03. The molecule has 0 bridgehead atoms. The van der Waals surface area contributed by atoms with Gasteiger partial charge in [-0.25, -0.2) is 0 Å². The summed E-state index contributed by atoms with van der Waals surface area (Å²) >= 11 is 1.73. The second-order valence-corrected chi connectivity index (χ2v) is 5.86. The summed E-state index contributed by atoms with van der Waals surface area (Å²) < 4.78 is 0. The number of aliphatic hydroxyl groups is 1. The largest absolute Gasteiger partial charge is 0.395 e. The molecule has 2 atom stereocenters. The van der Waals surface area contributed by atoms with Crippen LogP contribution in [0.2, 0.25) is 0 Å². The summed E-state index contributed by atoms with van der Waals surface area (Å²) in [5, 5.41) is 13.2. The van der Waals surface area contributed by atoms with Crippen molar-refractivity contribution in [1.82, 2.24) is 5.32 Å². The van der Waals surface area contributed by atoms with Gasteiger partial charge in [0.25, 0.3) is 0 Å². The van der Waals surface area contributed by atoms with E-state index in [2.05, 4.69) is 42.8 Å². The van der Waals surface area contributed by atoms with Crippen LogP contribution in [-0.4, -0.2) is 35.3 Å². The Morgan fingerprint density at radius 1 is 1.35 bits per heavy atom. The zero-order chi connectivity index (χ0) is 12.3.